The van der Waals surface area contributed by atoms with Crippen LogP contribution in [-0.4, -0.2) is 76.4 Å². The van der Waals surface area contributed by atoms with Crippen molar-refractivity contribution in [3.8, 4) is 23.0 Å². The summed E-state index contributed by atoms with van der Waals surface area (Å²) < 4.78 is 47.2. The fraction of sp³-hybridized carbons (Fsp3) is 0.419. The van der Waals surface area contributed by atoms with Crippen molar-refractivity contribution >= 4 is 6.09 Å². The van der Waals surface area contributed by atoms with Crippen LogP contribution in [-0.2, 0) is 38.8 Å². The van der Waals surface area contributed by atoms with E-state index in [-0.39, 0.29) is 5.92 Å². The van der Waals surface area contributed by atoms with Crippen LogP contribution >= 0.6 is 0 Å². The van der Waals surface area contributed by atoms with Gasteiger partial charge in [0.2, 0.25) is 0 Å². The molecule has 0 N–H and O–H groups in total. The van der Waals surface area contributed by atoms with Crippen molar-refractivity contribution in [1.82, 2.24) is 4.90 Å². The van der Waals surface area contributed by atoms with E-state index >= 15 is 0 Å². The van der Waals surface area contributed by atoms with Crippen molar-refractivity contribution in [2.45, 2.75) is 70.7 Å². The zero-order chi connectivity index (χ0) is 37.6. The van der Waals surface area contributed by atoms with E-state index in [1.807, 2.05) is 106 Å². The predicted octanol–water partition coefficient (Wildman–Crippen LogP) is 8.20. The quantitative estimate of drug-likeness (QED) is 0.0998. The zero-order valence-corrected chi connectivity index (χ0v) is 31.7. The Kier molecular flexibility index (Phi) is 14.4. The molecule has 0 saturated carbocycles. The van der Waals surface area contributed by atoms with Crippen LogP contribution < -0.4 is 18.9 Å². The summed E-state index contributed by atoms with van der Waals surface area (Å²) in [5.74, 6) is 2.94. The monoisotopic (exact) mass is 727 g/mol. The number of hydrogen-bond acceptors (Lipinski definition) is 9. The number of methoxy groups -OCH3 is 3. The number of likely N-dealkylation sites (tertiary alicyclic amines) is 1. The van der Waals surface area contributed by atoms with Gasteiger partial charge >= 0.3 is 6.09 Å². The molecule has 2 unspecified atom stereocenters. The van der Waals surface area contributed by atoms with Gasteiger partial charge in [0, 0.05) is 17.9 Å². The van der Waals surface area contributed by atoms with Crippen LogP contribution in [0.2, 0.25) is 0 Å². The summed E-state index contributed by atoms with van der Waals surface area (Å²) in [7, 11) is 4.95. The van der Waals surface area contributed by atoms with Crippen molar-refractivity contribution in [3.05, 3.63) is 119 Å². The van der Waals surface area contributed by atoms with Gasteiger partial charge in [0.15, 0.2) is 0 Å². The topological polar surface area (TPSA) is 94.2 Å². The van der Waals surface area contributed by atoms with E-state index in [9.17, 15) is 4.79 Å². The molecule has 0 bridgehead atoms. The first-order valence-electron chi connectivity index (χ1n) is 18.0. The van der Waals surface area contributed by atoms with Crippen LogP contribution in [0.15, 0.2) is 97.1 Å². The van der Waals surface area contributed by atoms with E-state index in [0.717, 1.165) is 51.7 Å². The molecule has 2 atom stereocenters. The van der Waals surface area contributed by atoms with Crippen LogP contribution in [0.3, 0.4) is 0 Å². The van der Waals surface area contributed by atoms with E-state index in [1.165, 1.54) is 0 Å². The van der Waals surface area contributed by atoms with Crippen molar-refractivity contribution in [2.75, 3.05) is 47.6 Å². The molecular formula is C43H53NO9. The molecule has 5 rings (SSSR count). The van der Waals surface area contributed by atoms with Gasteiger partial charge in [-0.1, -0.05) is 54.6 Å². The van der Waals surface area contributed by atoms with Gasteiger partial charge in [-0.25, -0.2) is 4.79 Å². The van der Waals surface area contributed by atoms with Gasteiger partial charge in [0.1, 0.15) is 28.6 Å². The average Bonchev–Trinajstić information content (AvgIpc) is 3.17. The molecule has 1 saturated heterocycles. The Morgan fingerprint density at radius 3 is 1.74 bits per heavy atom. The minimum Gasteiger partial charge on any atom is -0.497 e. The Bertz CT molecular complexity index is 1630. The highest BCUT2D eigenvalue weighted by molar-refractivity contribution is 5.68. The third kappa shape index (κ3) is 11.9. The van der Waals surface area contributed by atoms with Gasteiger partial charge in [-0.05, 0) is 79.9 Å². The van der Waals surface area contributed by atoms with Crippen LogP contribution in [0.1, 0.15) is 55.4 Å². The molecule has 1 amide bonds. The van der Waals surface area contributed by atoms with Crippen LogP contribution in [0.4, 0.5) is 4.79 Å². The van der Waals surface area contributed by atoms with Gasteiger partial charge in [-0.3, -0.25) is 0 Å². The second-order valence-electron chi connectivity index (χ2n) is 13.9. The van der Waals surface area contributed by atoms with Crippen molar-refractivity contribution < 1.29 is 42.7 Å². The van der Waals surface area contributed by atoms with E-state index in [2.05, 4.69) is 12.1 Å². The molecule has 10 heteroatoms. The van der Waals surface area contributed by atoms with E-state index in [0.29, 0.717) is 46.1 Å². The highest BCUT2D eigenvalue weighted by Crippen LogP contribution is 2.35. The molecule has 1 aliphatic rings. The largest absolute Gasteiger partial charge is 0.497 e. The number of carbonyl (C=O) groups is 1. The Hall–Kier alpha value is -4.77. The van der Waals surface area contributed by atoms with Crippen molar-refractivity contribution in [3.63, 3.8) is 0 Å². The average molecular weight is 728 g/mol. The third-order valence-electron chi connectivity index (χ3n) is 8.92. The van der Waals surface area contributed by atoms with Crippen molar-refractivity contribution in [1.29, 1.82) is 0 Å². The summed E-state index contributed by atoms with van der Waals surface area (Å²) in [6.45, 7) is 8.53. The first-order chi connectivity index (χ1) is 25.6. The van der Waals surface area contributed by atoms with Gasteiger partial charge in [-0.15, -0.1) is 0 Å². The van der Waals surface area contributed by atoms with Gasteiger partial charge in [0.05, 0.1) is 79.7 Å². The number of ether oxygens (including phenoxy) is 8. The molecule has 4 aromatic carbocycles. The number of nitrogens with zero attached hydrogens (tertiary/aromatic N) is 1. The fourth-order valence-corrected chi connectivity index (χ4v) is 6.18. The summed E-state index contributed by atoms with van der Waals surface area (Å²) in [4.78, 5) is 15.2. The lowest BCUT2D eigenvalue weighted by Crippen LogP contribution is -2.55. The normalized spacial score (nSPS) is 17.2. The Labute approximate surface area is 313 Å². The minimum atomic E-state index is -0.649. The van der Waals surface area contributed by atoms with Crippen LogP contribution in [0, 0.1) is 0 Å². The third-order valence-corrected chi connectivity index (χ3v) is 8.92. The van der Waals surface area contributed by atoms with E-state index < -0.39 is 23.9 Å². The Morgan fingerprint density at radius 1 is 0.660 bits per heavy atom. The second-order valence-corrected chi connectivity index (χ2v) is 13.9. The molecule has 0 radical (unpaired) electrons. The van der Waals surface area contributed by atoms with Gasteiger partial charge < -0.3 is 42.8 Å². The first-order valence-corrected chi connectivity index (χ1v) is 18.0. The second kappa shape index (κ2) is 19.3. The Morgan fingerprint density at radius 2 is 1.21 bits per heavy atom. The number of carbonyl (C=O) groups excluding carboxylic acids is 1. The Balaban J connectivity index is 1.30. The highest BCUT2D eigenvalue weighted by Gasteiger charge is 2.42. The summed E-state index contributed by atoms with van der Waals surface area (Å²) in [5, 5.41) is 0. The maximum absolute atomic E-state index is 13.5. The van der Waals surface area contributed by atoms with E-state index in [4.69, 9.17) is 37.9 Å². The fourth-order valence-electron chi connectivity index (χ4n) is 6.18. The molecular weight excluding hydrogens is 674 g/mol. The number of rotatable bonds is 17. The molecule has 53 heavy (non-hydrogen) atoms. The van der Waals surface area contributed by atoms with Gasteiger partial charge in [-0.2, -0.15) is 0 Å². The molecule has 0 spiro atoms. The number of amides is 1. The number of hydrogen-bond donors (Lipinski definition) is 0. The molecule has 1 fully saturated rings. The smallest absolute Gasteiger partial charge is 0.410 e. The minimum absolute atomic E-state index is 0.192. The van der Waals surface area contributed by atoms with Crippen molar-refractivity contribution in [2.24, 2.45) is 0 Å². The van der Waals surface area contributed by atoms with Gasteiger partial charge in [0.25, 0.3) is 0 Å². The summed E-state index contributed by atoms with van der Waals surface area (Å²) in [5.41, 5.74) is 3.38. The number of piperidine rings is 1. The molecule has 284 valence electrons. The lowest BCUT2D eigenvalue weighted by molar-refractivity contribution is -0.100. The summed E-state index contributed by atoms with van der Waals surface area (Å²) >= 11 is 0. The van der Waals surface area contributed by atoms with Crippen LogP contribution in [0.25, 0.3) is 0 Å². The molecule has 10 nitrogen and oxygen atoms in total. The number of para-hydroxylation sites is 1. The van der Waals surface area contributed by atoms with Crippen LogP contribution in [0.5, 0.6) is 23.0 Å². The SMILES string of the molecule is COc1ccc(COC2CN(C(=O)OC(C)(C)C)CC(OCc3ccc(OC)cc3)C2c2ccc(OCCCOCc3ccccc3OC)cc2)cc1. The summed E-state index contributed by atoms with van der Waals surface area (Å²) in [6, 6.07) is 31.5. The lowest BCUT2D eigenvalue weighted by atomic mass is 9.84. The highest BCUT2D eigenvalue weighted by atomic mass is 16.6. The molecule has 0 aliphatic carbocycles. The predicted molar refractivity (Wildman–Crippen MR) is 203 cm³/mol. The first kappa shape index (κ1) is 39.4. The van der Waals surface area contributed by atoms with E-state index in [1.54, 1.807) is 26.2 Å². The maximum Gasteiger partial charge on any atom is 0.410 e. The summed E-state index contributed by atoms with van der Waals surface area (Å²) in [6.07, 6.45) is -0.455. The maximum atomic E-state index is 13.5. The molecule has 1 heterocycles. The molecule has 1 aliphatic heterocycles. The molecule has 0 aromatic heterocycles. The number of benzene rings is 4. The zero-order valence-electron chi connectivity index (χ0n) is 31.7. The molecule has 4 aromatic rings. The lowest BCUT2D eigenvalue weighted by Gasteiger charge is -2.43. The standard InChI is InChI=1S/C43H53NO9/c1-43(2,3)53-42(45)44-26-39(51-28-31-12-18-35(46-4)19-13-31)41(40(27-44)52-29-32-14-20-36(47-5)21-15-32)33-16-22-37(23-17-33)50-25-9-24-49-30-34-10-7-8-11-38(34)48-6/h7-8,10-23,39-41H,9,24-30H2,1-6H3.